The lowest BCUT2D eigenvalue weighted by atomic mass is 9.91. The molecule has 28 heavy (non-hydrogen) atoms. The number of amides is 1. The summed E-state index contributed by atoms with van der Waals surface area (Å²) in [5.41, 5.74) is 5.44. The highest BCUT2D eigenvalue weighted by molar-refractivity contribution is 6.01. The van der Waals surface area contributed by atoms with Gasteiger partial charge in [-0.15, -0.1) is 0 Å². The van der Waals surface area contributed by atoms with E-state index in [0.717, 1.165) is 27.6 Å². The summed E-state index contributed by atoms with van der Waals surface area (Å²) >= 11 is 0. The van der Waals surface area contributed by atoms with Gasteiger partial charge in [-0.05, 0) is 17.2 Å². The van der Waals surface area contributed by atoms with Crippen molar-refractivity contribution in [2.45, 2.75) is 5.60 Å². The van der Waals surface area contributed by atoms with Crippen LogP contribution in [0.2, 0.25) is 0 Å². The smallest absolute Gasteiger partial charge is 0.281 e. The molecule has 136 valence electrons. The van der Waals surface area contributed by atoms with Gasteiger partial charge >= 0.3 is 0 Å². The van der Waals surface area contributed by atoms with Crippen LogP contribution >= 0.6 is 0 Å². The normalized spacial score (nSPS) is 14.2. The Bertz CT molecular complexity index is 1190. The van der Waals surface area contributed by atoms with E-state index in [1.54, 1.807) is 18.3 Å². The molecule has 0 bridgehead atoms. The first-order chi connectivity index (χ1) is 13.7. The van der Waals surface area contributed by atoms with E-state index < -0.39 is 11.5 Å². The lowest BCUT2D eigenvalue weighted by Crippen LogP contribution is -2.42. The van der Waals surface area contributed by atoms with Gasteiger partial charge in [-0.2, -0.15) is 5.10 Å². The number of aromatic nitrogens is 1. The molecule has 1 aliphatic carbocycles. The number of aliphatic hydroxyl groups is 1. The summed E-state index contributed by atoms with van der Waals surface area (Å²) in [5, 5.41) is 16.5. The van der Waals surface area contributed by atoms with E-state index in [1.807, 2.05) is 66.9 Å². The van der Waals surface area contributed by atoms with Crippen LogP contribution in [0, 0.1) is 0 Å². The predicted octanol–water partition coefficient (Wildman–Crippen LogP) is 3.53. The molecule has 1 aromatic heterocycles. The van der Waals surface area contributed by atoms with Crippen molar-refractivity contribution in [3.8, 4) is 11.1 Å². The second-order valence-electron chi connectivity index (χ2n) is 6.79. The van der Waals surface area contributed by atoms with Crippen LogP contribution in [0.25, 0.3) is 22.0 Å². The van der Waals surface area contributed by atoms with Gasteiger partial charge in [-0.1, -0.05) is 66.7 Å². The van der Waals surface area contributed by atoms with Gasteiger partial charge in [-0.25, -0.2) is 5.43 Å². The second kappa shape index (κ2) is 6.18. The van der Waals surface area contributed by atoms with Crippen molar-refractivity contribution in [1.82, 2.24) is 10.4 Å². The van der Waals surface area contributed by atoms with Crippen LogP contribution in [-0.2, 0) is 10.4 Å². The maximum atomic E-state index is 13.0. The number of benzene rings is 3. The standard InChI is InChI=1S/C23H17N3O2/c27-22(26-25-14-15-13-24-21-12-6-3-7-16(15)21)23(28)19-10-4-1-8-17(19)18-9-2-5-11-20(18)23/h1-14,24,28H,(H,26,27). The van der Waals surface area contributed by atoms with Gasteiger partial charge in [0.2, 0.25) is 0 Å². The summed E-state index contributed by atoms with van der Waals surface area (Å²) in [4.78, 5) is 16.2. The minimum Gasteiger partial charge on any atom is -0.372 e. The molecular weight excluding hydrogens is 350 g/mol. The summed E-state index contributed by atoms with van der Waals surface area (Å²) in [7, 11) is 0. The molecule has 0 fully saturated rings. The number of fused-ring (bicyclic) bond motifs is 4. The Morgan fingerprint density at radius 2 is 1.54 bits per heavy atom. The molecule has 0 unspecified atom stereocenters. The fraction of sp³-hybridized carbons (Fsp3) is 0.0435. The first-order valence-electron chi connectivity index (χ1n) is 9.01. The molecule has 4 aromatic rings. The van der Waals surface area contributed by atoms with Crippen LogP contribution in [0.3, 0.4) is 0 Å². The maximum absolute atomic E-state index is 13.0. The summed E-state index contributed by atoms with van der Waals surface area (Å²) in [6.45, 7) is 0. The fourth-order valence-electron chi connectivity index (χ4n) is 3.90. The van der Waals surface area contributed by atoms with Crippen molar-refractivity contribution in [3.05, 3.63) is 95.7 Å². The first kappa shape index (κ1) is 16.5. The zero-order valence-electron chi connectivity index (χ0n) is 14.9. The summed E-state index contributed by atoms with van der Waals surface area (Å²) in [6, 6.07) is 22.7. The molecule has 0 atom stereocenters. The Morgan fingerprint density at radius 3 is 2.25 bits per heavy atom. The minimum absolute atomic E-state index is 0.566. The topological polar surface area (TPSA) is 77.5 Å². The van der Waals surface area contributed by atoms with Crippen LogP contribution in [0.5, 0.6) is 0 Å². The van der Waals surface area contributed by atoms with Crippen molar-refractivity contribution in [1.29, 1.82) is 0 Å². The molecule has 1 aliphatic rings. The monoisotopic (exact) mass is 367 g/mol. The first-order valence-corrected chi connectivity index (χ1v) is 9.01. The third kappa shape index (κ3) is 2.30. The van der Waals surface area contributed by atoms with Crippen LogP contribution in [0.1, 0.15) is 16.7 Å². The van der Waals surface area contributed by atoms with Gasteiger partial charge in [0.25, 0.3) is 5.91 Å². The molecule has 0 spiro atoms. The number of rotatable bonds is 3. The molecule has 3 aromatic carbocycles. The van der Waals surface area contributed by atoms with Crippen molar-refractivity contribution in [2.75, 3.05) is 0 Å². The minimum atomic E-state index is -1.77. The average molecular weight is 367 g/mol. The molecule has 0 aliphatic heterocycles. The zero-order chi connectivity index (χ0) is 19.1. The Kier molecular flexibility index (Phi) is 3.64. The number of nitrogens with one attached hydrogen (secondary N) is 2. The van der Waals surface area contributed by atoms with Gasteiger partial charge < -0.3 is 10.1 Å². The van der Waals surface area contributed by atoms with Gasteiger partial charge in [-0.3, -0.25) is 4.79 Å². The maximum Gasteiger partial charge on any atom is 0.281 e. The number of carbonyl (C=O) groups is 1. The van der Waals surface area contributed by atoms with E-state index >= 15 is 0 Å². The van der Waals surface area contributed by atoms with Crippen LogP contribution in [0.15, 0.2) is 84.1 Å². The Labute approximate surface area is 161 Å². The number of hydrogen-bond acceptors (Lipinski definition) is 3. The number of para-hydroxylation sites is 1. The van der Waals surface area contributed by atoms with Crippen molar-refractivity contribution in [2.24, 2.45) is 5.10 Å². The van der Waals surface area contributed by atoms with E-state index in [1.165, 1.54) is 0 Å². The Hall–Kier alpha value is -3.70. The molecule has 3 N–H and O–H groups in total. The third-order valence-corrected chi connectivity index (χ3v) is 5.24. The summed E-state index contributed by atoms with van der Waals surface area (Å²) in [6.07, 6.45) is 3.40. The van der Waals surface area contributed by atoms with Crippen LogP contribution in [0.4, 0.5) is 0 Å². The molecule has 5 heteroatoms. The molecule has 0 radical (unpaired) electrons. The Morgan fingerprint density at radius 1 is 0.929 bits per heavy atom. The lowest BCUT2D eigenvalue weighted by Gasteiger charge is -2.23. The molecule has 5 nitrogen and oxygen atoms in total. The molecule has 0 saturated carbocycles. The fourth-order valence-corrected chi connectivity index (χ4v) is 3.90. The highest BCUT2D eigenvalue weighted by Crippen LogP contribution is 2.47. The van der Waals surface area contributed by atoms with E-state index in [4.69, 9.17) is 0 Å². The van der Waals surface area contributed by atoms with E-state index in [2.05, 4.69) is 15.5 Å². The van der Waals surface area contributed by atoms with Gasteiger partial charge in [0.05, 0.1) is 6.21 Å². The molecule has 5 rings (SSSR count). The number of aromatic amines is 1. The predicted molar refractivity (Wildman–Crippen MR) is 109 cm³/mol. The molecule has 1 amide bonds. The largest absolute Gasteiger partial charge is 0.372 e. The van der Waals surface area contributed by atoms with Gasteiger partial charge in [0.1, 0.15) is 0 Å². The van der Waals surface area contributed by atoms with Crippen LogP contribution < -0.4 is 5.43 Å². The third-order valence-electron chi connectivity index (χ3n) is 5.24. The highest BCUT2D eigenvalue weighted by atomic mass is 16.3. The lowest BCUT2D eigenvalue weighted by molar-refractivity contribution is -0.136. The number of H-pyrrole nitrogens is 1. The molecule has 1 heterocycles. The van der Waals surface area contributed by atoms with E-state index in [9.17, 15) is 9.90 Å². The number of carbonyl (C=O) groups excluding carboxylic acids is 1. The quantitative estimate of drug-likeness (QED) is 0.383. The van der Waals surface area contributed by atoms with Crippen molar-refractivity contribution >= 4 is 23.0 Å². The number of nitrogens with zero attached hydrogens (tertiary/aromatic N) is 1. The molecular formula is C23H17N3O2. The van der Waals surface area contributed by atoms with Crippen LogP contribution in [-0.4, -0.2) is 22.2 Å². The van der Waals surface area contributed by atoms with Gasteiger partial charge in [0.15, 0.2) is 5.60 Å². The van der Waals surface area contributed by atoms with E-state index in [-0.39, 0.29) is 0 Å². The zero-order valence-corrected chi connectivity index (χ0v) is 14.9. The second-order valence-corrected chi connectivity index (χ2v) is 6.79. The Balaban J connectivity index is 1.48. The molecule has 0 saturated heterocycles. The van der Waals surface area contributed by atoms with Crippen molar-refractivity contribution < 1.29 is 9.90 Å². The number of hydrogen-bond donors (Lipinski definition) is 3. The van der Waals surface area contributed by atoms with E-state index in [0.29, 0.717) is 11.1 Å². The number of hydrazone groups is 1. The van der Waals surface area contributed by atoms with Crippen molar-refractivity contribution in [3.63, 3.8) is 0 Å². The summed E-state index contributed by atoms with van der Waals surface area (Å²) < 4.78 is 0. The summed E-state index contributed by atoms with van der Waals surface area (Å²) in [5.74, 6) is -0.582. The SMILES string of the molecule is O=C(NN=Cc1c[nH]c2ccccc12)C1(O)c2ccccc2-c2ccccc21. The average Bonchev–Trinajstić information content (AvgIpc) is 3.27. The van der Waals surface area contributed by atoms with Gasteiger partial charge in [0, 0.05) is 33.8 Å². The highest BCUT2D eigenvalue weighted by Gasteiger charge is 2.47.